The Bertz CT molecular complexity index is 1310. The van der Waals surface area contributed by atoms with Gasteiger partial charge in [-0.2, -0.15) is 0 Å². The fraction of sp³-hybridized carbons (Fsp3) is 0.452. The summed E-state index contributed by atoms with van der Waals surface area (Å²) in [6.45, 7) is 9.72. The lowest BCUT2D eigenvalue weighted by molar-refractivity contribution is -0.158. The van der Waals surface area contributed by atoms with Crippen LogP contribution in [0.15, 0.2) is 59.0 Å². The number of hydrogen-bond donors (Lipinski definition) is 2. The second-order valence-electron chi connectivity index (χ2n) is 12.1. The maximum absolute atomic E-state index is 14.4. The SMILES string of the molecule is CC(C)CC1C(=O)NC(C2Cc3ccccc3C2)C(=O)N1C(C(=O)NC(C)(C)C)c1cc2ccccc2o1. The van der Waals surface area contributed by atoms with Gasteiger partial charge in [0.15, 0.2) is 6.04 Å². The molecule has 7 heteroatoms. The molecule has 2 aliphatic rings. The average Bonchev–Trinajstić information content (AvgIpc) is 3.45. The minimum absolute atomic E-state index is 0.0756. The molecule has 0 spiro atoms. The second kappa shape index (κ2) is 9.93. The first kappa shape index (κ1) is 26.0. The molecule has 0 radical (unpaired) electrons. The second-order valence-corrected chi connectivity index (χ2v) is 12.1. The van der Waals surface area contributed by atoms with Gasteiger partial charge in [0, 0.05) is 10.9 Å². The van der Waals surface area contributed by atoms with Gasteiger partial charge in [-0.05, 0) is 75.1 Å². The van der Waals surface area contributed by atoms with Gasteiger partial charge in [0.25, 0.3) is 5.91 Å². The largest absolute Gasteiger partial charge is 0.458 e. The van der Waals surface area contributed by atoms with Crippen LogP contribution >= 0.6 is 0 Å². The molecule has 7 nitrogen and oxygen atoms in total. The van der Waals surface area contributed by atoms with Crippen LogP contribution in [0, 0.1) is 11.8 Å². The number of nitrogens with zero attached hydrogens (tertiary/aromatic N) is 1. The normalized spacial score (nSPS) is 21.1. The van der Waals surface area contributed by atoms with Gasteiger partial charge in [-0.3, -0.25) is 14.4 Å². The molecular weight excluding hydrogens is 478 g/mol. The van der Waals surface area contributed by atoms with Crippen LogP contribution in [0.1, 0.15) is 64.0 Å². The van der Waals surface area contributed by atoms with Gasteiger partial charge in [-0.1, -0.05) is 56.3 Å². The summed E-state index contributed by atoms with van der Waals surface area (Å²) in [5, 5.41) is 6.94. The zero-order valence-corrected chi connectivity index (χ0v) is 22.8. The summed E-state index contributed by atoms with van der Waals surface area (Å²) < 4.78 is 6.18. The monoisotopic (exact) mass is 515 g/mol. The maximum Gasteiger partial charge on any atom is 0.251 e. The predicted molar refractivity (Wildman–Crippen MR) is 146 cm³/mol. The molecule has 3 aromatic rings. The molecule has 3 atom stereocenters. The van der Waals surface area contributed by atoms with Crippen molar-refractivity contribution in [3.05, 3.63) is 71.5 Å². The van der Waals surface area contributed by atoms with Crippen molar-refractivity contribution < 1.29 is 18.8 Å². The van der Waals surface area contributed by atoms with Crippen LogP contribution in [-0.2, 0) is 27.2 Å². The topological polar surface area (TPSA) is 91.7 Å². The van der Waals surface area contributed by atoms with Gasteiger partial charge in [0.1, 0.15) is 23.4 Å². The smallest absolute Gasteiger partial charge is 0.251 e. The van der Waals surface area contributed by atoms with Crippen molar-refractivity contribution in [3.8, 4) is 0 Å². The predicted octanol–water partition coefficient (Wildman–Crippen LogP) is 4.55. The molecule has 0 bridgehead atoms. The van der Waals surface area contributed by atoms with Gasteiger partial charge in [0.05, 0.1) is 0 Å². The molecule has 3 unspecified atom stereocenters. The number of carbonyl (C=O) groups is 3. The van der Waals surface area contributed by atoms with Crippen LogP contribution in [0.3, 0.4) is 0 Å². The summed E-state index contributed by atoms with van der Waals surface area (Å²) in [6.07, 6.45) is 1.85. The minimum atomic E-state index is -1.07. The number of nitrogens with one attached hydrogen (secondary N) is 2. The third-order valence-electron chi connectivity index (χ3n) is 7.44. The maximum atomic E-state index is 14.4. The lowest BCUT2D eigenvalue weighted by Crippen LogP contribution is -2.67. The zero-order chi connectivity index (χ0) is 27.2. The van der Waals surface area contributed by atoms with Gasteiger partial charge in [-0.25, -0.2) is 0 Å². The van der Waals surface area contributed by atoms with E-state index in [0.29, 0.717) is 30.6 Å². The Morgan fingerprint density at radius 1 is 1.05 bits per heavy atom. The number of para-hydroxylation sites is 1. The molecule has 0 saturated carbocycles. The van der Waals surface area contributed by atoms with Crippen molar-refractivity contribution in [2.75, 3.05) is 0 Å². The van der Waals surface area contributed by atoms with E-state index in [0.717, 1.165) is 5.39 Å². The quantitative estimate of drug-likeness (QED) is 0.504. The molecule has 1 aromatic heterocycles. The average molecular weight is 516 g/mol. The van der Waals surface area contributed by atoms with Crippen molar-refractivity contribution >= 4 is 28.7 Å². The first-order valence-electron chi connectivity index (χ1n) is 13.5. The highest BCUT2D eigenvalue weighted by Gasteiger charge is 2.50. The van der Waals surface area contributed by atoms with E-state index in [2.05, 4.69) is 22.8 Å². The molecule has 1 saturated heterocycles. The Morgan fingerprint density at radius 3 is 2.29 bits per heavy atom. The van der Waals surface area contributed by atoms with E-state index in [-0.39, 0.29) is 29.6 Å². The van der Waals surface area contributed by atoms with Crippen LogP contribution < -0.4 is 10.6 Å². The highest BCUT2D eigenvalue weighted by atomic mass is 16.3. The lowest BCUT2D eigenvalue weighted by Gasteiger charge is -2.44. The molecule has 38 heavy (non-hydrogen) atoms. The zero-order valence-electron chi connectivity index (χ0n) is 22.8. The van der Waals surface area contributed by atoms with E-state index >= 15 is 0 Å². The number of benzene rings is 2. The molecule has 3 amide bonds. The van der Waals surface area contributed by atoms with E-state index in [1.165, 1.54) is 16.0 Å². The fourth-order valence-corrected chi connectivity index (χ4v) is 5.84. The van der Waals surface area contributed by atoms with Gasteiger partial charge >= 0.3 is 0 Å². The van der Waals surface area contributed by atoms with E-state index in [4.69, 9.17) is 4.42 Å². The van der Waals surface area contributed by atoms with Crippen molar-refractivity contribution in [2.45, 2.75) is 77.5 Å². The number of rotatable bonds is 6. The van der Waals surface area contributed by atoms with Crippen LogP contribution in [-0.4, -0.2) is 40.2 Å². The van der Waals surface area contributed by atoms with Gasteiger partial charge in [0.2, 0.25) is 11.8 Å². The highest BCUT2D eigenvalue weighted by Crippen LogP contribution is 2.37. The number of furan rings is 1. The molecule has 1 aliphatic carbocycles. The Balaban J connectivity index is 1.58. The number of fused-ring (bicyclic) bond motifs is 2. The van der Waals surface area contributed by atoms with Crippen molar-refractivity contribution in [2.24, 2.45) is 11.8 Å². The van der Waals surface area contributed by atoms with Crippen molar-refractivity contribution in [1.82, 2.24) is 15.5 Å². The summed E-state index contributed by atoms with van der Waals surface area (Å²) >= 11 is 0. The molecular formula is C31H37N3O4. The Hall–Kier alpha value is -3.61. The molecule has 1 fully saturated rings. The Morgan fingerprint density at radius 2 is 1.68 bits per heavy atom. The van der Waals surface area contributed by atoms with Crippen LogP contribution in [0.5, 0.6) is 0 Å². The van der Waals surface area contributed by atoms with E-state index in [9.17, 15) is 14.4 Å². The third-order valence-corrected chi connectivity index (χ3v) is 7.44. The molecule has 200 valence electrons. The van der Waals surface area contributed by atoms with Crippen molar-refractivity contribution in [1.29, 1.82) is 0 Å². The molecule has 5 rings (SSSR count). The molecule has 2 N–H and O–H groups in total. The van der Waals surface area contributed by atoms with Gasteiger partial charge in [-0.15, -0.1) is 0 Å². The van der Waals surface area contributed by atoms with Crippen LogP contribution in [0.4, 0.5) is 0 Å². The lowest BCUT2D eigenvalue weighted by atomic mass is 9.88. The third kappa shape index (κ3) is 5.06. The Labute approximate surface area is 224 Å². The van der Waals surface area contributed by atoms with E-state index in [1.54, 1.807) is 0 Å². The Kier molecular flexibility index (Phi) is 6.80. The minimum Gasteiger partial charge on any atom is -0.458 e. The summed E-state index contributed by atoms with van der Waals surface area (Å²) in [4.78, 5) is 43.5. The number of hydrogen-bond acceptors (Lipinski definition) is 4. The van der Waals surface area contributed by atoms with E-state index in [1.807, 2.05) is 77.1 Å². The van der Waals surface area contributed by atoms with Crippen LogP contribution in [0.2, 0.25) is 0 Å². The van der Waals surface area contributed by atoms with Crippen molar-refractivity contribution in [3.63, 3.8) is 0 Å². The van der Waals surface area contributed by atoms with E-state index < -0.39 is 23.7 Å². The first-order valence-corrected chi connectivity index (χ1v) is 13.5. The number of carbonyl (C=O) groups excluding carboxylic acids is 3. The molecule has 2 heterocycles. The summed E-state index contributed by atoms with van der Waals surface area (Å²) in [5.41, 5.74) is 2.50. The summed E-state index contributed by atoms with van der Waals surface area (Å²) in [6, 6.07) is 14.9. The highest BCUT2D eigenvalue weighted by molar-refractivity contribution is 6.00. The fourth-order valence-electron chi connectivity index (χ4n) is 5.84. The number of amides is 3. The summed E-state index contributed by atoms with van der Waals surface area (Å²) in [7, 11) is 0. The number of piperazine rings is 1. The van der Waals surface area contributed by atoms with Gasteiger partial charge < -0.3 is 20.0 Å². The first-order chi connectivity index (χ1) is 18.0. The van der Waals surface area contributed by atoms with Crippen LogP contribution in [0.25, 0.3) is 11.0 Å². The molecule has 2 aromatic carbocycles. The molecule has 1 aliphatic heterocycles. The summed E-state index contributed by atoms with van der Waals surface area (Å²) in [5.74, 6) is -0.393. The standard InChI is InChI=1S/C31H37N3O4/c1-18(2)14-23-28(35)32-26(22-15-19-10-6-7-11-20(19)16-22)30(37)34(23)27(29(36)33-31(3,4)5)25-17-21-12-8-9-13-24(21)38-25/h6-13,17-18,22-23,26-27H,14-16H2,1-5H3,(H,32,35)(H,33,36).